The Kier molecular flexibility index (Phi) is 6.97. The Morgan fingerprint density at radius 2 is 2.03 bits per heavy atom. The maximum atomic E-state index is 13.4. The van der Waals surface area contributed by atoms with Gasteiger partial charge in [-0.25, -0.2) is 0 Å². The van der Waals surface area contributed by atoms with E-state index in [0.717, 1.165) is 32.6 Å². The fraction of sp³-hybridized carbons (Fsp3) is 0.391. The summed E-state index contributed by atoms with van der Waals surface area (Å²) in [7, 11) is 0. The Labute approximate surface area is 193 Å². The molecule has 164 valence electrons. The van der Waals surface area contributed by atoms with Crippen molar-refractivity contribution in [1.29, 1.82) is 0 Å². The molecule has 0 unspecified atom stereocenters. The zero-order chi connectivity index (χ0) is 21.8. The van der Waals surface area contributed by atoms with E-state index < -0.39 is 0 Å². The molecule has 0 radical (unpaired) electrons. The minimum Gasteiger partial charge on any atom is -0.492 e. The van der Waals surface area contributed by atoms with Gasteiger partial charge in [-0.15, -0.1) is 11.3 Å². The Morgan fingerprint density at radius 3 is 2.81 bits per heavy atom. The lowest BCUT2D eigenvalue weighted by Gasteiger charge is -2.31. The number of esters is 1. The maximum Gasteiger partial charge on any atom is 0.310 e. The minimum atomic E-state index is -0.252. The molecule has 8 heteroatoms. The lowest BCUT2D eigenvalue weighted by Crippen LogP contribution is -2.43. The lowest BCUT2D eigenvalue weighted by atomic mass is 9.98. The Morgan fingerprint density at radius 1 is 1.23 bits per heavy atom. The summed E-state index contributed by atoms with van der Waals surface area (Å²) in [6, 6.07) is 13.6. The summed E-state index contributed by atoms with van der Waals surface area (Å²) in [6.07, 6.45) is 1.56. The number of piperidine rings is 1. The Hall–Kier alpha value is -2.32. The van der Waals surface area contributed by atoms with Crippen molar-refractivity contribution in [2.45, 2.75) is 26.3 Å². The van der Waals surface area contributed by atoms with Crippen LogP contribution in [0.3, 0.4) is 0 Å². The first-order valence-corrected chi connectivity index (χ1v) is 12.1. The first-order chi connectivity index (χ1) is 15.1. The largest absolute Gasteiger partial charge is 0.492 e. The summed E-state index contributed by atoms with van der Waals surface area (Å²) in [5, 5.41) is 0. The number of hydrogen-bond acceptors (Lipinski definition) is 5. The van der Waals surface area contributed by atoms with E-state index in [4.69, 9.17) is 9.47 Å². The van der Waals surface area contributed by atoms with Crippen LogP contribution < -0.4 is 4.74 Å². The average Bonchev–Trinajstić information content (AvgIpc) is 3.31. The van der Waals surface area contributed by atoms with Crippen molar-refractivity contribution in [3.63, 3.8) is 0 Å². The second kappa shape index (κ2) is 9.87. The smallest absolute Gasteiger partial charge is 0.310 e. The van der Waals surface area contributed by atoms with Gasteiger partial charge in [0.15, 0.2) is 0 Å². The molecule has 1 fully saturated rings. The number of benzene rings is 1. The van der Waals surface area contributed by atoms with Crippen LogP contribution in [-0.4, -0.2) is 47.6 Å². The van der Waals surface area contributed by atoms with Gasteiger partial charge in [0.2, 0.25) is 0 Å². The van der Waals surface area contributed by atoms with Crippen molar-refractivity contribution >= 4 is 49.4 Å². The van der Waals surface area contributed by atoms with Gasteiger partial charge in [0.05, 0.1) is 33.1 Å². The molecule has 1 atom stereocenters. The predicted octanol–water partition coefficient (Wildman–Crippen LogP) is 4.96. The van der Waals surface area contributed by atoms with Crippen LogP contribution in [0.1, 0.15) is 30.3 Å². The number of fused-ring (bicyclic) bond motifs is 1. The van der Waals surface area contributed by atoms with E-state index >= 15 is 0 Å². The summed E-state index contributed by atoms with van der Waals surface area (Å²) in [5.74, 6) is 0.293. The summed E-state index contributed by atoms with van der Waals surface area (Å²) < 4.78 is 15.2. The first kappa shape index (κ1) is 21.9. The van der Waals surface area contributed by atoms with Gasteiger partial charge in [-0.1, -0.05) is 18.2 Å². The molecule has 2 aromatic heterocycles. The third-order valence-electron chi connectivity index (χ3n) is 5.43. The van der Waals surface area contributed by atoms with Crippen molar-refractivity contribution in [1.82, 2.24) is 9.47 Å². The summed E-state index contributed by atoms with van der Waals surface area (Å²) >= 11 is 5.15. The molecule has 4 rings (SSSR count). The van der Waals surface area contributed by atoms with Crippen LogP contribution in [0, 0.1) is 5.92 Å². The number of nitrogens with zero attached hydrogens (tertiary/aromatic N) is 2. The molecule has 0 spiro atoms. The molecule has 1 amide bonds. The van der Waals surface area contributed by atoms with Crippen molar-refractivity contribution in [3.8, 4) is 5.75 Å². The van der Waals surface area contributed by atoms with E-state index in [1.54, 1.807) is 23.2 Å². The van der Waals surface area contributed by atoms with E-state index in [1.165, 1.54) is 0 Å². The lowest BCUT2D eigenvalue weighted by molar-refractivity contribution is -0.149. The van der Waals surface area contributed by atoms with Gasteiger partial charge in [0, 0.05) is 13.1 Å². The zero-order valence-electron chi connectivity index (χ0n) is 17.4. The quantitative estimate of drug-likeness (QED) is 0.426. The van der Waals surface area contributed by atoms with Gasteiger partial charge in [-0.2, -0.15) is 0 Å². The summed E-state index contributed by atoms with van der Waals surface area (Å²) in [5.41, 5.74) is 1.64. The van der Waals surface area contributed by atoms with E-state index in [0.29, 0.717) is 38.5 Å². The van der Waals surface area contributed by atoms with Crippen LogP contribution in [0.4, 0.5) is 0 Å². The molecule has 31 heavy (non-hydrogen) atoms. The molecule has 0 bridgehead atoms. The molecule has 3 aromatic rings. The van der Waals surface area contributed by atoms with Crippen LogP contribution in [-0.2, 0) is 16.1 Å². The highest BCUT2D eigenvalue weighted by Gasteiger charge is 2.31. The molecule has 0 aliphatic carbocycles. The third kappa shape index (κ3) is 4.96. The normalized spacial score (nSPS) is 16.5. The molecule has 1 aliphatic heterocycles. The van der Waals surface area contributed by atoms with Crippen LogP contribution in [0.5, 0.6) is 5.75 Å². The van der Waals surface area contributed by atoms with Gasteiger partial charge in [-0.05, 0) is 60.0 Å². The monoisotopic (exact) mass is 504 g/mol. The molecule has 3 heterocycles. The number of rotatable bonds is 7. The minimum absolute atomic E-state index is 0.0479. The highest BCUT2D eigenvalue weighted by Crippen LogP contribution is 2.33. The van der Waals surface area contributed by atoms with Gasteiger partial charge in [-0.3, -0.25) is 9.59 Å². The third-order valence-corrected chi connectivity index (χ3v) is 7.01. The SMILES string of the molecule is CCOC(=O)[C@@H]1CCCN(C(=O)c2cc3sc(Br)cc3n2CCOc2ccccc2)C1. The topological polar surface area (TPSA) is 60.8 Å². The van der Waals surface area contributed by atoms with Crippen molar-refractivity contribution in [2.24, 2.45) is 5.92 Å². The van der Waals surface area contributed by atoms with Gasteiger partial charge in [0.1, 0.15) is 18.1 Å². The van der Waals surface area contributed by atoms with E-state index in [-0.39, 0.29) is 17.8 Å². The number of aromatic nitrogens is 1. The highest BCUT2D eigenvalue weighted by atomic mass is 79.9. The van der Waals surface area contributed by atoms with Crippen LogP contribution in [0.2, 0.25) is 0 Å². The Balaban J connectivity index is 1.53. The fourth-order valence-corrected chi connectivity index (χ4v) is 5.54. The second-order valence-corrected chi connectivity index (χ2v) is 9.95. The number of para-hydroxylation sites is 1. The average molecular weight is 505 g/mol. The van der Waals surface area contributed by atoms with Crippen LogP contribution >= 0.6 is 27.3 Å². The molecule has 1 aromatic carbocycles. The standard InChI is InChI=1S/C23H25BrN2O4S/c1-2-29-23(28)16-7-6-10-25(15-16)22(27)19-13-20-18(14-21(24)31-20)26(19)11-12-30-17-8-4-3-5-9-17/h3-5,8-9,13-14,16H,2,6-7,10-12,15H2,1H3/t16-/m1/s1. The number of likely N-dealkylation sites (tertiary alicyclic amines) is 1. The highest BCUT2D eigenvalue weighted by molar-refractivity contribution is 9.11. The number of ether oxygens (including phenoxy) is 2. The predicted molar refractivity (Wildman–Crippen MR) is 125 cm³/mol. The maximum absolute atomic E-state index is 13.4. The van der Waals surface area contributed by atoms with Crippen LogP contribution in [0.25, 0.3) is 10.2 Å². The molecule has 0 N–H and O–H groups in total. The molecule has 1 saturated heterocycles. The molecule has 6 nitrogen and oxygen atoms in total. The number of thiophene rings is 1. The number of carbonyl (C=O) groups excluding carboxylic acids is 2. The van der Waals surface area contributed by atoms with Gasteiger partial charge < -0.3 is 18.9 Å². The molecular weight excluding hydrogens is 480 g/mol. The number of halogens is 1. The number of hydrogen-bond donors (Lipinski definition) is 0. The molecule has 1 aliphatic rings. The van der Waals surface area contributed by atoms with Crippen LogP contribution in [0.15, 0.2) is 46.3 Å². The van der Waals surface area contributed by atoms with Gasteiger partial charge in [0.25, 0.3) is 5.91 Å². The Bertz CT molecular complexity index is 1060. The summed E-state index contributed by atoms with van der Waals surface area (Å²) in [4.78, 5) is 27.4. The van der Waals surface area contributed by atoms with E-state index in [9.17, 15) is 9.59 Å². The van der Waals surface area contributed by atoms with Crippen molar-refractivity contribution < 1.29 is 19.1 Å². The first-order valence-electron chi connectivity index (χ1n) is 10.5. The number of amides is 1. The fourth-order valence-electron chi connectivity index (χ4n) is 3.98. The zero-order valence-corrected chi connectivity index (χ0v) is 19.8. The van der Waals surface area contributed by atoms with Crippen molar-refractivity contribution in [2.75, 3.05) is 26.3 Å². The van der Waals surface area contributed by atoms with E-state index in [2.05, 4.69) is 15.9 Å². The van der Waals surface area contributed by atoms with Crippen molar-refractivity contribution in [3.05, 3.63) is 51.9 Å². The molecular formula is C23H25BrN2O4S. The van der Waals surface area contributed by atoms with Gasteiger partial charge >= 0.3 is 5.97 Å². The number of carbonyl (C=O) groups is 2. The summed E-state index contributed by atoms with van der Waals surface area (Å²) in [6.45, 7) is 4.22. The molecule has 0 saturated carbocycles. The van der Waals surface area contributed by atoms with E-state index in [1.807, 2.05) is 47.0 Å². The second-order valence-electron chi connectivity index (χ2n) is 7.49.